The maximum atomic E-state index is 12.1. The fourth-order valence-corrected chi connectivity index (χ4v) is 2.91. The molecule has 6 heteroatoms. The summed E-state index contributed by atoms with van der Waals surface area (Å²) in [5.74, 6) is -0.893. The molecule has 2 aromatic carbocycles. The Balaban J connectivity index is 1.87. The zero-order valence-corrected chi connectivity index (χ0v) is 16.3. The smallest absolute Gasteiger partial charge is 0.339 e. The first-order valence-electron chi connectivity index (χ1n) is 9.29. The molecule has 0 saturated carbocycles. The summed E-state index contributed by atoms with van der Waals surface area (Å²) in [5, 5.41) is 2.88. The predicted octanol–water partition coefficient (Wildman–Crippen LogP) is 2.97. The quantitative estimate of drug-likeness (QED) is 0.534. The summed E-state index contributed by atoms with van der Waals surface area (Å²) >= 11 is 0. The molecule has 0 saturated heterocycles. The van der Waals surface area contributed by atoms with Crippen LogP contribution in [0.5, 0.6) is 0 Å². The van der Waals surface area contributed by atoms with Crippen LogP contribution < -0.4 is 10.2 Å². The van der Waals surface area contributed by atoms with Crippen molar-refractivity contribution in [2.75, 3.05) is 25.1 Å². The highest BCUT2D eigenvalue weighted by Gasteiger charge is 2.20. The van der Waals surface area contributed by atoms with E-state index in [1.54, 1.807) is 24.3 Å². The Labute approximate surface area is 165 Å². The number of carbonyl (C=O) groups is 3. The number of esters is 1. The van der Waals surface area contributed by atoms with Crippen molar-refractivity contribution in [3.63, 3.8) is 0 Å². The first-order chi connectivity index (χ1) is 13.5. The molecule has 0 unspecified atom stereocenters. The summed E-state index contributed by atoms with van der Waals surface area (Å²) in [7, 11) is 1.29. The van der Waals surface area contributed by atoms with Crippen LogP contribution in [0, 0.1) is 0 Å². The second kappa shape index (κ2) is 10.9. The lowest BCUT2D eigenvalue weighted by Gasteiger charge is -2.23. The number of ether oxygens (including phenoxy) is 1. The molecule has 0 aromatic heterocycles. The largest absolute Gasteiger partial charge is 0.465 e. The predicted molar refractivity (Wildman–Crippen MR) is 108 cm³/mol. The first kappa shape index (κ1) is 21.2. The van der Waals surface area contributed by atoms with Gasteiger partial charge in [-0.1, -0.05) is 42.5 Å². The van der Waals surface area contributed by atoms with Gasteiger partial charge in [-0.05, 0) is 30.5 Å². The van der Waals surface area contributed by atoms with Gasteiger partial charge < -0.3 is 15.0 Å². The number of hydrogen-bond donors (Lipinski definition) is 1. The Bertz CT molecular complexity index is 805. The molecule has 2 amide bonds. The summed E-state index contributed by atoms with van der Waals surface area (Å²) in [5.41, 5.74) is 1.97. The normalized spacial score (nSPS) is 10.2. The molecule has 2 rings (SSSR count). The van der Waals surface area contributed by atoms with Crippen molar-refractivity contribution in [3.05, 3.63) is 65.7 Å². The van der Waals surface area contributed by atoms with Crippen molar-refractivity contribution in [1.29, 1.82) is 0 Å². The number of amides is 2. The van der Waals surface area contributed by atoms with Crippen molar-refractivity contribution in [2.24, 2.45) is 0 Å². The van der Waals surface area contributed by atoms with Gasteiger partial charge in [-0.2, -0.15) is 0 Å². The van der Waals surface area contributed by atoms with Gasteiger partial charge in [0.1, 0.15) is 0 Å². The Hall–Kier alpha value is -3.15. The van der Waals surface area contributed by atoms with E-state index in [9.17, 15) is 14.4 Å². The molecular formula is C22H26N2O4. The molecule has 0 bridgehead atoms. The third-order valence-corrected chi connectivity index (χ3v) is 4.35. The molecule has 0 aliphatic carbocycles. The number of aryl methyl sites for hydroxylation is 1. The number of rotatable bonds is 9. The average Bonchev–Trinajstić information content (AvgIpc) is 2.71. The van der Waals surface area contributed by atoms with Crippen LogP contribution in [0.25, 0.3) is 0 Å². The molecule has 2 aromatic rings. The maximum Gasteiger partial charge on any atom is 0.339 e. The lowest BCUT2D eigenvalue weighted by molar-refractivity contribution is -0.121. The standard InChI is InChI=1S/C22H26N2O4/c1-17(25)24(20-13-7-6-12-19(20)22(27)28-2)16-14-21(26)23-15-8-11-18-9-4-3-5-10-18/h3-7,9-10,12-13H,8,11,14-16H2,1-2H3,(H,23,26). The first-order valence-corrected chi connectivity index (χ1v) is 9.29. The van der Waals surface area contributed by atoms with Gasteiger partial charge in [0, 0.05) is 26.4 Å². The van der Waals surface area contributed by atoms with Crippen LogP contribution in [-0.2, 0) is 20.7 Å². The molecule has 1 N–H and O–H groups in total. The number of carbonyl (C=O) groups excluding carboxylic acids is 3. The summed E-state index contributed by atoms with van der Waals surface area (Å²) in [6, 6.07) is 16.8. The molecule has 0 spiro atoms. The monoisotopic (exact) mass is 382 g/mol. The van der Waals surface area contributed by atoms with Gasteiger partial charge >= 0.3 is 5.97 Å². The third kappa shape index (κ3) is 6.23. The van der Waals surface area contributed by atoms with E-state index in [1.165, 1.54) is 24.5 Å². The molecule has 0 radical (unpaired) electrons. The van der Waals surface area contributed by atoms with Crippen molar-refractivity contribution >= 4 is 23.5 Å². The minimum atomic E-state index is -0.521. The number of anilines is 1. The van der Waals surface area contributed by atoms with E-state index in [-0.39, 0.29) is 24.8 Å². The highest BCUT2D eigenvalue weighted by atomic mass is 16.5. The van der Waals surface area contributed by atoms with Gasteiger partial charge in [0.15, 0.2) is 0 Å². The van der Waals surface area contributed by atoms with E-state index in [4.69, 9.17) is 4.74 Å². The van der Waals surface area contributed by atoms with Crippen LogP contribution in [0.2, 0.25) is 0 Å². The summed E-state index contributed by atoms with van der Waals surface area (Å²) in [4.78, 5) is 37.6. The fraction of sp³-hybridized carbons (Fsp3) is 0.318. The minimum absolute atomic E-state index is 0.130. The topological polar surface area (TPSA) is 75.7 Å². The SMILES string of the molecule is COC(=O)c1ccccc1N(CCC(=O)NCCCc1ccccc1)C(C)=O. The zero-order chi connectivity index (χ0) is 20.4. The van der Waals surface area contributed by atoms with Crippen LogP contribution in [0.15, 0.2) is 54.6 Å². The molecule has 0 fully saturated rings. The van der Waals surface area contributed by atoms with Crippen molar-refractivity contribution in [2.45, 2.75) is 26.2 Å². The van der Waals surface area contributed by atoms with Gasteiger partial charge in [-0.25, -0.2) is 4.79 Å². The van der Waals surface area contributed by atoms with E-state index in [0.29, 0.717) is 17.8 Å². The van der Waals surface area contributed by atoms with E-state index in [0.717, 1.165) is 12.8 Å². The summed E-state index contributed by atoms with van der Waals surface area (Å²) in [6.45, 7) is 2.17. The van der Waals surface area contributed by atoms with Crippen LogP contribution >= 0.6 is 0 Å². The van der Waals surface area contributed by atoms with E-state index in [1.807, 2.05) is 18.2 Å². The van der Waals surface area contributed by atoms with Crippen molar-refractivity contribution in [1.82, 2.24) is 5.32 Å². The second-order valence-electron chi connectivity index (χ2n) is 6.37. The molecular weight excluding hydrogens is 356 g/mol. The van der Waals surface area contributed by atoms with E-state index in [2.05, 4.69) is 17.4 Å². The van der Waals surface area contributed by atoms with Gasteiger partial charge in [-0.3, -0.25) is 9.59 Å². The Kier molecular flexibility index (Phi) is 8.21. The van der Waals surface area contributed by atoms with Crippen molar-refractivity contribution < 1.29 is 19.1 Å². The summed E-state index contributed by atoms with van der Waals surface area (Å²) in [6.07, 6.45) is 1.89. The van der Waals surface area contributed by atoms with Gasteiger partial charge in [0.2, 0.25) is 11.8 Å². The molecule has 148 valence electrons. The summed E-state index contributed by atoms with van der Waals surface area (Å²) < 4.78 is 4.78. The average molecular weight is 382 g/mol. The fourth-order valence-electron chi connectivity index (χ4n) is 2.91. The third-order valence-electron chi connectivity index (χ3n) is 4.35. The molecule has 0 aliphatic heterocycles. The molecule has 0 atom stereocenters. The lowest BCUT2D eigenvalue weighted by atomic mass is 10.1. The van der Waals surface area contributed by atoms with Crippen molar-refractivity contribution in [3.8, 4) is 0 Å². The Morgan fingerprint density at radius 1 is 1.00 bits per heavy atom. The lowest BCUT2D eigenvalue weighted by Crippen LogP contribution is -2.35. The van der Waals surface area contributed by atoms with E-state index < -0.39 is 5.97 Å². The van der Waals surface area contributed by atoms with Gasteiger partial charge in [-0.15, -0.1) is 0 Å². The number of benzene rings is 2. The molecule has 6 nitrogen and oxygen atoms in total. The highest BCUT2D eigenvalue weighted by Crippen LogP contribution is 2.21. The number of nitrogens with zero attached hydrogens (tertiary/aromatic N) is 1. The number of methoxy groups -OCH3 is 1. The highest BCUT2D eigenvalue weighted by molar-refractivity contribution is 6.02. The Morgan fingerprint density at radius 2 is 1.68 bits per heavy atom. The minimum Gasteiger partial charge on any atom is -0.465 e. The van der Waals surface area contributed by atoms with Gasteiger partial charge in [0.25, 0.3) is 0 Å². The second-order valence-corrected chi connectivity index (χ2v) is 6.37. The van der Waals surface area contributed by atoms with Crippen LogP contribution in [0.1, 0.15) is 35.7 Å². The van der Waals surface area contributed by atoms with Crippen LogP contribution in [0.3, 0.4) is 0 Å². The van der Waals surface area contributed by atoms with Crippen LogP contribution in [0.4, 0.5) is 5.69 Å². The molecule has 0 heterocycles. The molecule has 28 heavy (non-hydrogen) atoms. The maximum absolute atomic E-state index is 12.1. The number of para-hydroxylation sites is 1. The Morgan fingerprint density at radius 3 is 2.36 bits per heavy atom. The van der Waals surface area contributed by atoms with Crippen LogP contribution in [-0.4, -0.2) is 38.0 Å². The number of hydrogen-bond acceptors (Lipinski definition) is 4. The molecule has 0 aliphatic rings. The number of nitrogens with one attached hydrogen (secondary N) is 1. The van der Waals surface area contributed by atoms with E-state index >= 15 is 0 Å². The zero-order valence-electron chi connectivity index (χ0n) is 16.3. The van der Waals surface area contributed by atoms with Gasteiger partial charge in [0.05, 0.1) is 18.4 Å².